The molecule has 9 heteroatoms. The molecule has 3 rings (SSSR count). The van der Waals surface area contributed by atoms with Crippen LogP contribution in [-0.2, 0) is 11.2 Å². The van der Waals surface area contributed by atoms with Gasteiger partial charge in [0.25, 0.3) is 5.56 Å². The van der Waals surface area contributed by atoms with Crippen molar-refractivity contribution in [3.63, 3.8) is 0 Å². The van der Waals surface area contributed by atoms with Gasteiger partial charge in [-0.25, -0.2) is 0 Å². The van der Waals surface area contributed by atoms with E-state index in [-0.39, 0.29) is 28.1 Å². The molecule has 2 aromatic heterocycles. The number of amides is 1. The number of nitrogens with zero attached hydrogens (tertiary/aromatic N) is 3. The Labute approximate surface area is 165 Å². The number of rotatable bonds is 6. The zero-order valence-corrected chi connectivity index (χ0v) is 16.2. The molecule has 0 fully saturated rings. The Kier molecular flexibility index (Phi) is 5.91. The molecule has 0 radical (unpaired) electrons. The van der Waals surface area contributed by atoms with Crippen molar-refractivity contribution in [3.8, 4) is 6.07 Å². The molecule has 142 valence electrons. The van der Waals surface area contributed by atoms with Crippen molar-refractivity contribution < 1.29 is 4.79 Å². The van der Waals surface area contributed by atoms with Crippen molar-refractivity contribution in [3.05, 3.63) is 68.8 Å². The molecule has 0 bridgehead atoms. The molecule has 1 aromatic carbocycles. The molecule has 0 unspecified atom stereocenters. The van der Waals surface area contributed by atoms with Gasteiger partial charge in [0, 0.05) is 12.1 Å². The molecule has 0 aliphatic carbocycles. The fourth-order valence-electron chi connectivity index (χ4n) is 2.61. The van der Waals surface area contributed by atoms with Crippen LogP contribution in [0.4, 0.5) is 5.82 Å². The van der Waals surface area contributed by atoms with Crippen LogP contribution >= 0.6 is 11.8 Å². The highest BCUT2D eigenvalue weighted by molar-refractivity contribution is 7.99. The summed E-state index contributed by atoms with van der Waals surface area (Å²) in [5, 5.41) is 20.0. The Bertz CT molecular complexity index is 1100. The van der Waals surface area contributed by atoms with Crippen LogP contribution < -0.4 is 10.9 Å². The van der Waals surface area contributed by atoms with Gasteiger partial charge in [0.2, 0.25) is 5.91 Å². The van der Waals surface area contributed by atoms with Crippen LogP contribution in [0.2, 0.25) is 0 Å². The Morgan fingerprint density at radius 1 is 1.21 bits per heavy atom. The van der Waals surface area contributed by atoms with Gasteiger partial charge in [0.15, 0.2) is 5.16 Å². The summed E-state index contributed by atoms with van der Waals surface area (Å²) < 4.78 is 0. The van der Waals surface area contributed by atoms with Crippen molar-refractivity contribution in [1.82, 2.24) is 20.2 Å². The van der Waals surface area contributed by atoms with Gasteiger partial charge in [-0.15, -0.1) is 10.2 Å². The first-order chi connectivity index (χ1) is 13.5. The highest BCUT2D eigenvalue weighted by atomic mass is 32.2. The zero-order chi connectivity index (χ0) is 20.1. The minimum Gasteiger partial charge on any atom is -0.344 e. The van der Waals surface area contributed by atoms with Crippen molar-refractivity contribution in [2.24, 2.45) is 0 Å². The summed E-state index contributed by atoms with van der Waals surface area (Å²) in [4.78, 5) is 29.5. The largest absolute Gasteiger partial charge is 0.344 e. The molecule has 0 aliphatic rings. The summed E-state index contributed by atoms with van der Waals surface area (Å²) in [5.41, 5.74) is 3.12. The number of benzene rings is 1. The van der Waals surface area contributed by atoms with Crippen molar-refractivity contribution >= 4 is 23.5 Å². The Morgan fingerprint density at radius 2 is 1.96 bits per heavy atom. The van der Waals surface area contributed by atoms with Crippen molar-refractivity contribution in [1.29, 1.82) is 5.26 Å². The number of anilines is 1. The highest BCUT2D eigenvalue weighted by Gasteiger charge is 2.16. The first-order valence-electron chi connectivity index (χ1n) is 8.49. The third-order valence-electron chi connectivity index (χ3n) is 4.13. The molecular weight excluding hydrogens is 376 g/mol. The van der Waals surface area contributed by atoms with Crippen molar-refractivity contribution in [2.45, 2.75) is 25.4 Å². The highest BCUT2D eigenvalue weighted by Crippen LogP contribution is 2.24. The third-order valence-corrected chi connectivity index (χ3v) is 5.00. The molecule has 3 aromatic rings. The molecular formula is C19H18N6O2S. The molecule has 28 heavy (non-hydrogen) atoms. The van der Waals surface area contributed by atoms with E-state index in [1.807, 2.05) is 37.3 Å². The molecule has 0 saturated carbocycles. The standard InChI is InChI=1S/C19H18N6O2S/c1-11-14(9-20)17(21-15(11)8-13-6-4-3-5-7-13)22-16(26)10-28-19-23-18(27)12(2)24-25-19/h3-7,21H,8,10H2,1-2H3,(H,22,26)(H,23,25,27). The van der Waals surface area contributed by atoms with Crippen molar-refractivity contribution in [2.75, 3.05) is 11.1 Å². The first-order valence-corrected chi connectivity index (χ1v) is 9.48. The zero-order valence-electron chi connectivity index (χ0n) is 15.4. The quantitative estimate of drug-likeness (QED) is 0.551. The molecule has 0 spiro atoms. The summed E-state index contributed by atoms with van der Waals surface area (Å²) in [6, 6.07) is 12.0. The maximum absolute atomic E-state index is 12.3. The van der Waals surface area contributed by atoms with Gasteiger partial charge in [0.05, 0.1) is 11.3 Å². The van der Waals surface area contributed by atoms with Crippen LogP contribution in [0.5, 0.6) is 0 Å². The summed E-state index contributed by atoms with van der Waals surface area (Å²) in [6.45, 7) is 3.40. The number of nitriles is 1. The van der Waals surface area contributed by atoms with Gasteiger partial charge in [0.1, 0.15) is 17.6 Å². The maximum Gasteiger partial charge on any atom is 0.273 e. The molecule has 1 amide bonds. The molecule has 2 heterocycles. The van der Waals surface area contributed by atoms with Gasteiger partial charge >= 0.3 is 0 Å². The normalized spacial score (nSPS) is 10.5. The van der Waals surface area contributed by atoms with Gasteiger partial charge in [-0.3, -0.25) is 14.6 Å². The maximum atomic E-state index is 12.3. The second kappa shape index (κ2) is 8.54. The van der Waals surface area contributed by atoms with E-state index >= 15 is 0 Å². The number of aryl methyl sites for hydroxylation is 1. The predicted octanol–water partition coefficient (Wildman–Crippen LogP) is 2.30. The van der Waals surface area contributed by atoms with Gasteiger partial charge in [-0.05, 0) is 25.0 Å². The smallest absolute Gasteiger partial charge is 0.273 e. The second-order valence-corrected chi connectivity index (χ2v) is 7.10. The summed E-state index contributed by atoms with van der Waals surface area (Å²) in [5.74, 6) is 0.0715. The minimum atomic E-state index is -0.338. The van der Waals surface area contributed by atoms with E-state index in [0.29, 0.717) is 17.8 Å². The van der Waals surface area contributed by atoms with E-state index in [9.17, 15) is 14.9 Å². The molecule has 0 aliphatic heterocycles. The predicted molar refractivity (Wildman–Crippen MR) is 106 cm³/mol. The Hall–Kier alpha value is -3.38. The number of H-pyrrole nitrogens is 2. The van der Waals surface area contributed by atoms with Crippen LogP contribution in [0.15, 0.2) is 40.3 Å². The first kappa shape index (κ1) is 19.4. The number of hydrogen-bond acceptors (Lipinski definition) is 6. The fourth-order valence-corrected chi connectivity index (χ4v) is 3.21. The average molecular weight is 394 g/mol. The number of nitrogens with one attached hydrogen (secondary N) is 3. The Balaban J connectivity index is 1.69. The SMILES string of the molecule is Cc1c(Cc2ccccc2)[nH]c(NC(=O)CSc2nnc(C)c(=O)[nH]2)c1C#N. The van der Waals surface area contributed by atoms with Crippen LogP contribution in [-0.4, -0.2) is 31.8 Å². The van der Waals surface area contributed by atoms with E-state index in [1.165, 1.54) is 0 Å². The molecule has 0 saturated heterocycles. The lowest BCUT2D eigenvalue weighted by Gasteiger charge is -2.04. The van der Waals surface area contributed by atoms with E-state index in [2.05, 4.69) is 31.6 Å². The molecule has 8 nitrogen and oxygen atoms in total. The van der Waals surface area contributed by atoms with E-state index in [1.54, 1.807) is 6.92 Å². The van der Waals surface area contributed by atoms with Crippen LogP contribution in [0.1, 0.15) is 28.1 Å². The lowest BCUT2D eigenvalue weighted by Crippen LogP contribution is -2.17. The van der Waals surface area contributed by atoms with E-state index in [0.717, 1.165) is 28.6 Å². The lowest BCUT2D eigenvalue weighted by atomic mass is 10.1. The van der Waals surface area contributed by atoms with Gasteiger partial charge < -0.3 is 10.3 Å². The van der Waals surface area contributed by atoms with E-state index in [4.69, 9.17) is 0 Å². The van der Waals surface area contributed by atoms with E-state index < -0.39 is 0 Å². The van der Waals surface area contributed by atoms with Crippen LogP contribution in [0.25, 0.3) is 0 Å². The minimum absolute atomic E-state index is 0.0185. The summed E-state index contributed by atoms with van der Waals surface area (Å²) in [6.07, 6.45) is 0.631. The topological polar surface area (TPSA) is 127 Å². The third kappa shape index (κ3) is 4.47. The average Bonchev–Trinajstić information content (AvgIpc) is 2.97. The lowest BCUT2D eigenvalue weighted by molar-refractivity contribution is -0.113. The number of carbonyl (C=O) groups is 1. The number of hydrogen-bond donors (Lipinski definition) is 3. The van der Waals surface area contributed by atoms with Gasteiger partial charge in [-0.1, -0.05) is 42.1 Å². The second-order valence-electron chi connectivity index (χ2n) is 6.13. The molecule has 0 atom stereocenters. The fraction of sp³-hybridized carbons (Fsp3) is 0.211. The summed E-state index contributed by atoms with van der Waals surface area (Å²) >= 11 is 1.06. The molecule has 3 N–H and O–H groups in total. The van der Waals surface area contributed by atoms with Crippen LogP contribution in [0.3, 0.4) is 0 Å². The monoisotopic (exact) mass is 394 g/mol. The Morgan fingerprint density at radius 3 is 2.64 bits per heavy atom. The number of aromatic amines is 2. The number of aromatic nitrogens is 4. The van der Waals surface area contributed by atoms with Crippen LogP contribution in [0, 0.1) is 25.2 Å². The van der Waals surface area contributed by atoms with Gasteiger partial charge in [-0.2, -0.15) is 5.26 Å². The number of carbonyl (C=O) groups excluding carboxylic acids is 1. The summed E-state index contributed by atoms with van der Waals surface area (Å²) in [7, 11) is 0. The number of thioether (sulfide) groups is 1.